The number of aromatic amines is 1. The second kappa shape index (κ2) is 5.04. The summed E-state index contributed by atoms with van der Waals surface area (Å²) in [4.78, 5) is 5.87. The lowest BCUT2D eigenvalue weighted by atomic mass is 9.93. The van der Waals surface area contributed by atoms with Crippen LogP contribution in [0.4, 0.5) is 0 Å². The highest BCUT2D eigenvalue weighted by atomic mass is 35.5. The maximum absolute atomic E-state index is 9.81. The second-order valence-electron chi connectivity index (χ2n) is 5.94. The molecule has 112 valence electrons. The number of hydrogen-bond acceptors (Lipinski definition) is 2. The van der Waals surface area contributed by atoms with E-state index in [-0.39, 0.29) is 6.04 Å². The van der Waals surface area contributed by atoms with E-state index in [2.05, 4.69) is 23.0 Å². The van der Waals surface area contributed by atoms with Gasteiger partial charge in [0.1, 0.15) is 5.75 Å². The molecule has 2 aromatic carbocycles. The van der Waals surface area contributed by atoms with E-state index in [4.69, 9.17) is 11.6 Å². The average Bonchev–Trinajstić information content (AvgIpc) is 2.84. The molecule has 1 aromatic heterocycles. The normalized spacial score (nSPS) is 18.5. The zero-order valence-corrected chi connectivity index (χ0v) is 13.1. The molecule has 0 amide bonds. The molecule has 1 unspecified atom stereocenters. The van der Waals surface area contributed by atoms with Crippen LogP contribution in [0.1, 0.15) is 22.9 Å². The minimum absolute atomic E-state index is 0.127. The van der Waals surface area contributed by atoms with Crippen LogP contribution in [0.25, 0.3) is 10.9 Å². The lowest BCUT2D eigenvalue weighted by Crippen LogP contribution is -2.32. The predicted octanol–water partition coefficient (Wildman–Crippen LogP) is 4.10. The van der Waals surface area contributed by atoms with Gasteiger partial charge in [-0.25, -0.2) is 0 Å². The highest BCUT2D eigenvalue weighted by Gasteiger charge is 2.29. The number of phenols is 1. The number of likely N-dealkylation sites (N-methyl/N-ethyl adjacent to an activating group) is 1. The van der Waals surface area contributed by atoms with E-state index in [9.17, 15) is 5.11 Å². The summed E-state index contributed by atoms with van der Waals surface area (Å²) < 4.78 is 0. The first kappa shape index (κ1) is 13.7. The lowest BCUT2D eigenvalue weighted by Gasteiger charge is -2.33. The minimum Gasteiger partial charge on any atom is -0.508 e. The van der Waals surface area contributed by atoms with Crippen molar-refractivity contribution in [1.82, 2.24) is 9.88 Å². The maximum Gasteiger partial charge on any atom is 0.115 e. The molecule has 0 radical (unpaired) electrons. The monoisotopic (exact) mass is 312 g/mol. The zero-order valence-electron chi connectivity index (χ0n) is 12.3. The van der Waals surface area contributed by atoms with Gasteiger partial charge in [-0.05, 0) is 54.9 Å². The Kier molecular flexibility index (Phi) is 3.13. The van der Waals surface area contributed by atoms with Crippen LogP contribution in [-0.4, -0.2) is 28.6 Å². The quantitative estimate of drug-likeness (QED) is 0.710. The molecule has 22 heavy (non-hydrogen) atoms. The smallest absolute Gasteiger partial charge is 0.115 e. The van der Waals surface area contributed by atoms with Crippen molar-refractivity contribution in [3.63, 3.8) is 0 Å². The van der Waals surface area contributed by atoms with Crippen molar-refractivity contribution >= 4 is 22.5 Å². The van der Waals surface area contributed by atoms with Crippen molar-refractivity contribution in [2.45, 2.75) is 12.5 Å². The van der Waals surface area contributed by atoms with Gasteiger partial charge in [0.05, 0.1) is 6.04 Å². The van der Waals surface area contributed by atoms with Crippen LogP contribution in [0.15, 0.2) is 42.5 Å². The van der Waals surface area contributed by atoms with Crippen molar-refractivity contribution in [3.8, 4) is 5.75 Å². The van der Waals surface area contributed by atoms with E-state index < -0.39 is 0 Å². The number of hydrogen-bond donors (Lipinski definition) is 2. The van der Waals surface area contributed by atoms with Crippen LogP contribution >= 0.6 is 11.6 Å². The van der Waals surface area contributed by atoms with Crippen molar-refractivity contribution < 1.29 is 5.11 Å². The molecule has 0 bridgehead atoms. The predicted molar refractivity (Wildman–Crippen MR) is 89.6 cm³/mol. The van der Waals surface area contributed by atoms with Gasteiger partial charge in [0.25, 0.3) is 0 Å². The van der Waals surface area contributed by atoms with E-state index in [1.165, 1.54) is 16.6 Å². The number of fused-ring (bicyclic) bond motifs is 3. The van der Waals surface area contributed by atoms with Gasteiger partial charge in [-0.15, -0.1) is 0 Å². The molecule has 4 rings (SSSR count). The fourth-order valence-electron chi connectivity index (χ4n) is 3.50. The highest BCUT2D eigenvalue weighted by Crippen LogP contribution is 2.38. The molecule has 0 aliphatic carbocycles. The maximum atomic E-state index is 9.81. The Morgan fingerprint density at radius 3 is 2.91 bits per heavy atom. The summed E-state index contributed by atoms with van der Waals surface area (Å²) in [5.74, 6) is 0.303. The Morgan fingerprint density at radius 2 is 2.09 bits per heavy atom. The third kappa shape index (κ3) is 2.09. The van der Waals surface area contributed by atoms with Gasteiger partial charge in [-0.1, -0.05) is 23.7 Å². The molecule has 2 heterocycles. The van der Waals surface area contributed by atoms with Gasteiger partial charge in [-0.2, -0.15) is 0 Å². The standard InChI is InChI=1S/C18H17ClN2O/c1-21-8-7-14-15-10-12(19)5-6-16(15)20-17(14)18(21)11-3-2-4-13(22)9-11/h2-6,9-10,18,20,22H,7-8H2,1H3. The van der Waals surface area contributed by atoms with Crippen LogP contribution < -0.4 is 0 Å². The van der Waals surface area contributed by atoms with Crippen LogP contribution in [0.2, 0.25) is 5.02 Å². The summed E-state index contributed by atoms with van der Waals surface area (Å²) >= 11 is 6.16. The molecule has 4 heteroatoms. The summed E-state index contributed by atoms with van der Waals surface area (Å²) in [5, 5.41) is 11.8. The number of rotatable bonds is 1. The van der Waals surface area contributed by atoms with Crippen LogP contribution in [0.3, 0.4) is 0 Å². The highest BCUT2D eigenvalue weighted by molar-refractivity contribution is 6.31. The van der Waals surface area contributed by atoms with Gasteiger partial charge in [-0.3, -0.25) is 4.90 Å². The molecule has 3 aromatic rings. The summed E-state index contributed by atoms with van der Waals surface area (Å²) in [6.45, 7) is 0.979. The van der Waals surface area contributed by atoms with Gasteiger partial charge in [0.15, 0.2) is 0 Å². The minimum atomic E-state index is 0.127. The Balaban J connectivity index is 1.93. The van der Waals surface area contributed by atoms with Crippen LogP contribution in [0, 0.1) is 0 Å². The third-order valence-corrected chi connectivity index (χ3v) is 4.75. The number of benzene rings is 2. The molecule has 0 saturated heterocycles. The molecule has 1 aliphatic heterocycles. The van der Waals surface area contributed by atoms with Crippen molar-refractivity contribution in [2.24, 2.45) is 0 Å². The Bertz CT molecular complexity index is 855. The van der Waals surface area contributed by atoms with E-state index in [0.29, 0.717) is 5.75 Å². The van der Waals surface area contributed by atoms with Gasteiger partial charge < -0.3 is 10.1 Å². The van der Waals surface area contributed by atoms with Crippen LogP contribution in [-0.2, 0) is 6.42 Å². The van der Waals surface area contributed by atoms with Gasteiger partial charge in [0.2, 0.25) is 0 Å². The number of H-pyrrole nitrogens is 1. The first-order valence-electron chi connectivity index (χ1n) is 7.42. The summed E-state index contributed by atoms with van der Waals surface area (Å²) in [6.07, 6.45) is 1.00. The van der Waals surface area contributed by atoms with Gasteiger partial charge in [0, 0.05) is 28.2 Å². The lowest BCUT2D eigenvalue weighted by molar-refractivity contribution is 0.261. The topological polar surface area (TPSA) is 39.3 Å². The van der Waals surface area contributed by atoms with E-state index >= 15 is 0 Å². The molecule has 1 aliphatic rings. The van der Waals surface area contributed by atoms with Crippen molar-refractivity contribution in [1.29, 1.82) is 0 Å². The van der Waals surface area contributed by atoms with E-state index in [1.54, 1.807) is 6.07 Å². The molecule has 0 saturated carbocycles. The Labute approximate surface area is 134 Å². The zero-order chi connectivity index (χ0) is 15.3. The number of aromatic nitrogens is 1. The second-order valence-corrected chi connectivity index (χ2v) is 6.37. The summed E-state index contributed by atoms with van der Waals surface area (Å²) in [7, 11) is 2.12. The largest absolute Gasteiger partial charge is 0.508 e. The molecule has 1 atom stereocenters. The molecule has 2 N–H and O–H groups in total. The Morgan fingerprint density at radius 1 is 1.23 bits per heavy atom. The number of aromatic hydroxyl groups is 1. The van der Waals surface area contributed by atoms with Crippen molar-refractivity contribution in [3.05, 3.63) is 64.3 Å². The number of nitrogens with zero attached hydrogens (tertiary/aromatic N) is 1. The summed E-state index contributed by atoms with van der Waals surface area (Å²) in [6, 6.07) is 13.6. The fraction of sp³-hybridized carbons (Fsp3) is 0.222. The van der Waals surface area contributed by atoms with Gasteiger partial charge >= 0.3 is 0 Å². The number of nitrogens with one attached hydrogen (secondary N) is 1. The molecule has 0 spiro atoms. The molecule has 0 fully saturated rings. The first-order valence-corrected chi connectivity index (χ1v) is 7.80. The van der Waals surface area contributed by atoms with E-state index in [1.807, 2.05) is 30.3 Å². The fourth-order valence-corrected chi connectivity index (χ4v) is 3.67. The average molecular weight is 313 g/mol. The Hall–Kier alpha value is -1.97. The van der Waals surface area contributed by atoms with Crippen LogP contribution in [0.5, 0.6) is 5.75 Å². The number of phenolic OH excluding ortho intramolecular Hbond substituents is 1. The summed E-state index contributed by atoms with van der Waals surface area (Å²) in [5.41, 5.74) is 4.76. The molecular weight excluding hydrogens is 296 g/mol. The number of halogens is 1. The van der Waals surface area contributed by atoms with E-state index in [0.717, 1.165) is 29.1 Å². The SMILES string of the molecule is CN1CCc2c([nH]c3ccc(Cl)cc23)C1c1cccc(O)c1. The first-order chi connectivity index (χ1) is 10.6. The molecular formula is C18H17ClN2O. The third-order valence-electron chi connectivity index (χ3n) is 4.52. The van der Waals surface area contributed by atoms with Crippen molar-refractivity contribution in [2.75, 3.05) is 13.6 Å². The molecule has 3 nitrogen and oxygen atoms in total.